The van der Waals surface area contributed by atoms with E-state index in [1.165, 1.54) is 19.3 Å². The monoisotopic (exact) mass is 425 g/mol. The van der Waals surface area contributed by atoms with Crippen LogP contribution in [0.4, 0.5) is 11.5 Å². The first-order valence-electron chi connectivity index (χ1n) is 10.8. The summed E-state index contributed by atoms with van der Waals surface area (Å²) in [6, 6.07) is 20.5. The van der Waals surface area contributed by atoms with Crippen molar-refractivity contribution >= 4 is 17.4 Å². The van der Waals surface area contributed by atoms with Gasteiger partial charge in [-0.25, -0.2) is 4.98 Å². The molecule has 0 aliphatic carbocycles. The van der Waals surface area contributed by atoms with Crippen LogP contribution in [0.25, 0.3) is 22.9 Å². The Hall–Kier alpha value is -4.00. The molecule has 0 radical (unpaired) electrons. The van der Waals surface area contributed by atoms with Gasteiger partial charge < -0.3 is 14.6 Å². The molecule has 3 heterocycles. The smallest absolute Gasteiger partial charge is 0.255 e. The third-order valence-corrected chi connectivity index (χ3v) is 5.53. The first-order chi connectivity index (χ1) is 15.8. The van der Waals surface area contributed by atoms with Gasteiger partial charge in [0.25, 0.3) is 5.91 Å². The molecule has 5 rings (SSSR count). The predicted molar refractivity (Wildman–Crippen MR) is 123 cm³/mol. The van der Waals surface area contributed by atoms with E-state index in [4.69, 9.17) is 4.42 Å². The maximum Gasteiger partial charge on any atom is 0.255 e. The fraction of sp³-hybridized carbons (Fsp3) is 0.200. The van der Waals surface area contributed by atoms with Crippen molar-refractivity contribution in [3.8, 4) is 22.9 Å². The number of nitrogens with zero attached hydrogens (tertiary/aromatic N) is 4. The van der Waals surface area contributed by atoms with E-state index in [9.17, 15) is 4.79 Å². The third-order valence-electron chi connectivity index (χ3n) is 5.53. The minimum Gasteiger partial charge on any atom is -0.416 e. The van der Waals surface area contributed by atoms with E-state index in [1.807, 2.05) is 42.5 Å². The van der Waals surface area contributed by atoms with Gasteiger partial charge in [0, 0.05) is 29.8 Å². The van der Waals surface area contributed by atoms with E-state index in [0.717, 1.165) is 30.0 Å². The van der Waals surface area contributed by atoms with E-state index in [2.05, 4.69) is 25.4 Å². The number of pyridine rings is 1. The summed E-state index contributed by atoms with van der Waals surface area (Å²) in [5, 5.41) is 11.1. The fourth-order valence-electron chi connectivity index (χ4n) is 3.77. The number of aromatic nitrogens is 3. The summed E-state index contributed by atoms with van der Waals surface area (Å²) >= 11 is 0. The third kappa shape index (κ3) is 4.37. The van der Waals surface area contributed by atoms with Crippen molar-refractivity contribution in [3.05, 3.63) is 78.5 Å². The van der Waals surface area contributed by atoms with E-state index in [0.29, 0.717) is 23.0 Å². The predicted octanol–water partition coefficient (Wildman–Crippen LogP) is 5.04. The van der Waals surface area contributed by atoms with Crippen molar-refractivity contribution in [3.63, 3.8) is 0 Å². The number of benzene rings is 2. The minimum atomic E-state index is -0.195. The molecule has 1 aliphatic rings. The van der Waals surface area contributed by atoms with Crippen LogP contribution in [0.5, 0.6) is 0 Å². The SMILES string of the molecule is O=C(Nc1ccc(N2CCCCC2)nc1)c1ccc(-c2nnc(-c3ccccc3)o2)cc1. The molecule has 0 spiro atoms. The number of hydrogen-bond donors (Lipinski definition) is 1. The van der Waals surface area contributed by atoms with Gasteiger partial charge in [0.15, 0.2) is 0 Å². The van der Waals surface area contributed by atoms with E-state index >= 15 is 0 Å². The van der Waals surface area contributed by atoms with Crippen LogP contribution in [0.3, 0.4) is 0 Å². The van der Waals surface area contributed by atoms with Crippen LogP contribution >= 0.6 is 0 Å². The Labute approximate surface area is 186 Å². The average Bonchev–Trinajstić information content (AvgIpc) is 3.36. The summed E-state index contributed by atoms with van der Waals surface area (Å²) < 4.78 is 5.78. The lowest BCUT2D eigenvalue weighted by atomic mass is 10.1. The van der Waals surface area contributed by atoms with Gasteiger partial charge >= 0.3 is 0 Å². The van der Waals surface area contributed by atoms with Gasteiger partial charge in [-0.05, 0) is 67.8 Å². The van der Waals surface area contributed by atoms with E-state index < -0.39 is 0 Å². The molecule has 0 saturated carbocycles. The lowest BCUT2D eigenvalue weighted by Gasteiger charge is -2.27. The highest BCUT2D eigenvalue weighted by Gasteiger charge is 2.14. The van der Waals surface area contributed by atoms with Gasteiger partial charge in [0.1, 0.15) is 5.82 Å². The van der Waals surface area contributed by atoms with Gasteiger partial charge in [-0.1, -0.05) is 18.2 Å². The Morgan fingerprint density at radius 1 is 0.812 bits per heavy atom. The molecule has 160 valence electrons. The van der Waals surface area contributed by atoms with Crippen LogP contribution in [0, 0.1) is 0 Å². The molecular weight excluding hydrogens is 402 g/mol. The second-order valence-electron chi connectivity index (χ2n) is 7.76. The highest BCUT2D eigenvalue weighted by molar-refractivity contribution is 6.04. The largest absolute Gasteiger partial charge is 0.416 e. The Morgan fingerprint density at radius 3 is 2.16 bits per heavy atom. The Balaban J connectivity index is 1.24. The van der Waals surface area contributed by atoms with Crippen molar-refractivity contribution in [1.82, 2.24) is 15.2 Å². The quantitative estimate of drug-likeness (QED) is 0.482. The number of anilines is 2. The number of nitrogens with one attached hydrogen (secondary N) is 1. The molecule has 0 atom stereocenters. The number of amides is 1. The normalized spacial score (nSPS) is 13.7. The summed E-state index contributed by atoms with van der Waals surface area (Å²) in [5.74, 6) is 1.64. The molecule has 0 bridgehead atoms. The van der Waals surface area contributed by atoms with Crippen molar-refractivity contribution < 1.29 is 9.21 Å². The van der Waals surface area contributed by atoms with Crippen LogP contribution < -0.4 is 10.2 Å². The number of hydrogen-bond acceptors (Lipinski definition) is 6. The topological polar surface area (TPSA) is 84.2 Å². The van der Waals surface area contributed by atoms with Gasteiger partial charge in [-0.3, -0.25) is 4.79 Å². The van der Waals surface area contributed by atoms with Crippen LogP contribution in [0.1, 0.15) is 29.6 Å². The molecule has 1 aliphatic heterocycles. The first kappa shape index (κ1) is 19.9. The number of piperidine rings is 1. The molecule has 7 nitrogen and oxygen atoms in total. The minimum absolute atomic E-state index is 0.195. The summed E-state index contributed by atoms with van der Waals surface area (Å²) in [4.78, 5) is 19.4. The zero-order valence-electron chi connectivity index (χ0n) is 17.6. The highest BCUT2D eigenvalue weighted by atomic mass is 16.4. The molecule has 1 amide bonds. The van der Waals surface area contributed by atoms with Crippen LogP contribution in [-0.4, -0.2) is 34.2 Å². The molecule has 32 heavy (non-hydrogen) atoms. The maximum atomic E-state index is 12.6. The van der Waals surface area contributed by atoms with Crippen molar-refractivity contribution in [1.29, 1.82) is 0 Å². The Morgan fingerprint density at radius 2 is 1.50 bits per heavy atom. The molecule has 4 aromatic rings. The van der Waals surface area contributed by atoms with E-state index in [1.54, 1.807) is 30.5 Å². The molecular formula is C25H23N5O2. The van der Waals surface area contributed by atoms with E-state index in [-0.39, 0.29) is 5.91 Å². The summed E-state index contributed by atoms with van der Waals surface area (Å²) in [7, 11) is 0. The lowest BCUT2D eigenvalue weighted by molar-refractivity contribution is 0.102. The molecule has 1 fully saturated rings. The van der Waals surface area contributed by atoms with Gasteiger partial charge in [-0.2, -0.15) is 0 Å². The summed E-state index contributed by atoms with van der Waals surface area (Å²) in [6.45, 7) is 2.08. The molecule has 1 N–H and O–H groups in total. The van der Waals surface area contributed by atoms with Gasteiger partial charge in [0.05, 0.1) is 11.9 Å². The average molecular weight is 425 g/mol. The second-order valence-corrected chi connectivity index (χ2v) is 7.76. The number of carbonyl (C=O) groups is 1. The molecule has 1 saturated heterocycles. The Kier molecular flexibility index (Phi) is 5.61. The zero-order valence-corrected chi connectivity index (χ0v) is 17.6. The van der Waals surface area contributed by atoms with Gasteiger partial charge in [-0.15, -0.1) is 10.2 Å². The molecule has 2 aromatic heterocycles. The van der Waals surface area contributed by atoms with Crippen LogP contribution in [0.15, 0.2) is 77.3 Å². The Bertz CT molecular complexity index is 1180. The molecule has 7 heteroatoms. The molecule has 2 aromatic carbocycles. The summed E-state index contributed by atoms with van der Waals surface area (Å²) in [5.41, 5.74) is 2.83. The second kappa shape index (κ2) is 9.01. The zero-order chi connectivity index (χ0) is 21.8. The summed E-state index contributed by atoms with van der Waals surface area (Å²) in [6.07, 6.45) is 5.39. The van der Waals surface area contributed by atoms with Crippen molar-refractivity contribution in [2.24, 2.45) is 0 Å². The number of carbonyl (C=O) groups excluding carboxylic acids is 1. The number of rotatable bonds is 5. The highest BCUT2D eigenvalue weighted by Crippen LogP contribution is 2.24. The van der Waals surface area contributed by atoms with Crippen LogP contribution in [0.2, 0.25) is 0 Å². The fourth-order valence-corrected chi connectivity index (χ4v) is 3.77. The first-order valence-corrected chi connectivity index (χ1v) is 10.8. The molecule has 0 unspecified atom stereocenters. The van der Waals surface area contributed by atoms with Crippen molar-refractivity contribution in [2.45, 2.75) is 19.3 Å². The maximum absolute atomic E-state index is 12.6. The van der Waals surface area contributed by atoms with Crippen molar-refractivity contribution in [2.75, 3.05) is 23.3 Å². The van der Waals surface area contributed by atoms with Crippen LogP contribution in [-0.2, 0) is 0 Å². The standard InChI is InChI=1S/C25H23N5O2/c31-23(27-21-13-14-22(26-17-21)30-15-5-2-6-16-30)18-9-11-20(12-10-18)25-29-28-24(32-25)19-7-3-1-4-8-19/h1,3-4,7-14,17H,2,5-6,15-16H2,(H,27,31). The van der Waals surface area contributed by atoms with Gasteiger partial charge in [0.2, 0.25) is 11.8 Å². The lowest BCUT2D eigenvalue weighted by Crippen LogP contribution is -2.30.